The van der Waals surface area contributed by atoms with E-state index in [-0.39, 0.29) is 35.3 Å². The van der Waals surface area contributed by atoms with Crippen molar-refractivity contribution in [2.75, 3.05) is 16.8 Å². The highest BCUT2D eigenvalue weighted by Gasteiger charge is 2.39. The minimum absolute atomic E-state index is 0.00522. The van der Waals surface area contributed by atoms with Crippen molar-refractivity contribution in [1.29, 1.82) is 0 Å². The predicted octanol–water partition coefficient (Wildman–Crippen LogP) is 1.20. The maximum Gasteiger partial charge on any atom is 0.251 e. The molecule has 7 heteroatoms. The predicted molar refractivity (Wildman–Crippen MR) is 86.9 cm³/mol. The highest BCUT2D eigenvalue weighted by molar-refractivity contribution is 7.91. The Kier molecular flexibility index (Phi) is 4.14. The van der Waals surface area contributed by atoms with Crippen LogP contribution in [-0.4, -0.2) is 37.8 Å². The number of carbonyl (C=O) groups is 2. The van der Waals surface area contributed by atoms with Crippen LogP contribution < -0.4 is 10.6 Å². The Morgan fingerprint density at radius 3 is 2.61 bits per heavy atom. The van der Waals surface area contributed by atoms with Gasteiger partial charge in [0.05, 0.1) is 11.5 Å². The topological polar surface area (TPSA) is 92.3 Å². The third-order valence-electron chi connectivity index (χ3n) is 4.41. The van der Waals surface area contributed by atoms with Gasteiger partial charge in [0.2, 0.25) is 5.91 Å². The zero-order chi connectivity index (χ0) is 16.6. The molecule has 0 spiro atoms. The zero-order valence-electron chi connectivity index (χ0n) is 12.9. The number of amides is 2. The highest BCUT2D eigenvalue weighted by Crippen LogP contribution is 2.38. The molecule has 1 aromatic rings. The van der Waals surface area contributed by atoms with Crippen LogP contribution >= 0.6 is 0 Å². The number of carbonyl (C=O) groups excluding carboxylic acids is 2. The fourth-order valence-corrected chi connectivity index (χ4v) is 4.51. The van der Waals surface area contributed by atoms with Crippen molar-refractivity contribution in [2.24, 2.45) is 11.8 Å². The number of benzene rings is 1. The maximum absolute atomic E-state index is 12.2. The maximum atomic E-state index is 12.2. The molecule has 0 radical (unpaired) electrons. The van der Waals surface area contributed by atoms with Crippen LogP contribution in [0.2, 0.25) is 0 Å². The van der Waals surface area contributed by atoms with E-state index in [4.69, 9.17) is 0 Å². The number of rotatable bonds is 4. The minimum Gasteiger partial charge on any atom is -0.348 e. The average Bonchev–Trinajstić information content (AvgIpc) is 3.12. The summed E-state index contributed by atoms with van der Waals surface area (Å²) >= 11 is 0. The molecule has 0 bridgehead atoms. The van der Waals surface area contributed by atoms with Crippen LogP contribution in [0.3, 0.4) is 0 Å². The van der Waals surface area contributed by atoms with Crippen LogP contribution in [0, 0.1) is 11.8 Å². The standard InChI is InChI=1S/C16H20N2O4S/c1-10-7-14(10)16(20)17-12-4-2-3-11(8-12)15(19)18-13-5-6-23(21,22)9-13/h2-4,8,10,13-14H,5-7,9H2,1H3,(H,17,20)(H,18,19)/t10-,13+,14-/m1/s1. The van der Waals surface area contributed by atoms with Crippen LogP contribution in [0.4, 0.5) is 5.69 Å². The van der Waals surface area contributed by atoms with Crippen LogP contribution in [-0.2, 0) is 14.6 Å². The van der Waals surface area contributed by atoms with E-state index in [9.17, 15) is 18.0 Å². The van der Waals surface area contributed by atoms with Crippen molar-refractivity contribution in [1.82, 2.24) is 5.32 Å². The van der Waals surface area contributed by atoms with Crippen molar-refractivity contribution in [2.45, 2.75) is 25.8 Å². The first kappa shape index (κ1) is 16.0. The summed E-state index contributed by atoms with van der Waals surface area (Å²) in [5, 5.41) is 5.56. The smallest absolute Gasteiger partial charge is 0.251 e. The summed E-state index contributed by atoms with van der Waals surface area (Å²) < 4.78 is 22.9. The minimum atomic E-state index is -3.03. The van der Waals surface area contributed by atoms with Gasteiger partial charge in [0.15, 0.2) is 9.84 Å². The van der Waals surface area contributed by atoms with Crippen LogP contribution in [0.1, 0.15) is 30.1 Å². The van der Waals surface area contributed by atoms with Gasteiger partial charge in [0.1, 0.15) is 0 Å². The van der Waals surface area contributed by atoms with Gasteiger partial charge in [-0.2, -0.15) is 0 Å². The lowest BCUT2D eigenvalue weighted by atomic mass is 10.1. The summed E-state index contributed by atoms with van der Waals surface area (Å²) in [5.41, 5.74) is 0.997. The van der Waals surface area contributed by atoms with E-state index < -0.39 is 9.84 Å². The fourth-order valence-electron chi connectivity index (χ4n) is 2.84. The summed E-state index contributed by atoms with van der Waals surface area (Å²) in [6.07, 6.45) is 1.35. The van der Waals surface area contributed by atoms with Gasteiger partial charge in [-0.1, -0.05) is 13.0 Å². The van der Waals surface area contributed by atoms with Crippen molar-refractivity contribution in [3.63, 3.8) is 0 Å². The van der Waals surface area contributed by atoms with E-state index in [1.807, 2.05) is 6.92 Å². The van der Waals surface area contributed by atoms with Gasteiger partial charge >= 0.3 is 0 Å². The molecule has 2 amide bonds. The molecule has 2 fully saturated rings. The van der Waals surface area contributed by atoms with E-state index in [2.05, 4.69) is 10.6 Å². The molecule has 6 nitrogen and oxygen atoms in total. The third-order valence-corrected chi connectivity index (χ3v) is 6.17. The summed E-state index contributed by atoms with van der Waals surface area (Å²) in [4.78, 5) is 24.2. The quantitative estimate of drug-likeness (QED) is 0.864. The molecule has 2 aliphatic rings. The number of nitrogens with one attached hydrogen (secondary N) is 2. The Bertz CT molecular complexity index is 744. The van der Waals surface area contributed by atoms with Crippen LogP contribution in [0.15, 0.2) is 24.3 Å². The third kappa shape index (κ3) is 3.90. The Labute approximate surface area is 135 Å². The second-order valence-corrected chi connectivity index (χ2v) is 8.69. The van der Waals surface area contributed by atoms with Crippen LogP contribution in [0.5, 0.6) is 0 Å². The second-order valence-electron chi connectivity index (χ2n) is 6.46. The normalized spacial score (nSPS) is 28.1. The van der Waals surface area contributed by atoms with Gasteiger partial charge in [-0.25, -0.2) is 8.42 Å². The average molecular weight is 336 g/mol. The van der Waals surface area contributed by atoms with Crippen molar-refractivity contribution < 1.29 is 18.0 Å². The molecule has 1 aliphatic carbocycles. The van der Waals surface area contributed by atoms with E-state index in [0.717, 1.165) is 6.42 Å². The Morgan fingerprint density at radius 1 is 1.26 bits per heavy atom. The van der Waals surface area contributed by atoms with Gasteiger partial charge in [-0.05, 0) is 37.0 Å². The highest BCUT2D eigenvalue weighted by atomic mass is 32.2. The molecule has 124 valence electrons. The molecule has 1 aliphatic heterocycles. The number of hydrogen-bond acceptors (Lipinski definition) is 4. The van der Waals surface area contributed by atoms with E-state index in [1.165, 1.54) is 0 Å². The lowest BCUT2D eigenvalue weighted by Gasteiger charge is -2.12. The first-order valence-electron chi connectivity index (χ1n) is 7.76. The number of hydrogen-bond donors (Lipinski definition) is 2. The zero-order valence-corrected chi connectivity index (χ0v) is 13.7. The molecule has 0 unspecified atom stereocenters. The Morgan fingerprint density at radius 2 is 2.00 bits per heavy atom. The largest absolute Gasteiger partial charge is 0.348 e. The summed E-state index contributed by atoms with van der Waals surface area (Å²) in [6.45, 7) is 2.03. The van der Waals surface area contributed by atoms with Crippen molar-refractivity contribution in [3.8, 4) is 0 Å². The molecule has 2 N–H and O–H groups in total. The van der Waals surface area contributed by atoms with Gasteiger partial charge in [0, 0.05) is 23.2 Å². The van der Waals surface area contributed by atoms with Gasteiger partial charge in [0.25, 0.3) is 5.91 Å². The molecule has 3 rings (SSSR count). The molecule has 1 saturated carbocycles. The fraction of sp³-hybridized carbons (Fsp3) is 0.500. The van der Waals surface area contributed by atoms with E-state index in [1.54, 1.807) is 24.3 Å². The Balaban J connectivity index is 1.62. The SMILES string of the molecule is C[C@@H]1C[C@H]1C(=O)Nc1cccc(C(=O)N[C@H]2CCS(=O)(=O)C2)c1. The molecule has 1 heterocycles. The lowest BCUT2D eigenvalue weighted by Crippen LogP contribution is -2.35. The van der Waals surface area contributed by atoms with Gasteiger partial charge in [-0.15, -0.1) is 0 Å². The first-order chi connectivity index (χ1) is 10.8. The molecular weight excluding hydrogens is 316 g/mol. The summed E-state index contributed by atoms with van der Waals surface area (Å²) in [5.74, 6) is 0.268. The van der Waals surface area contributed by atoms with Crippen LogP contribution in [0.25, 0.3) is 0 Å². The van der Waals surface area contributed by atoms with E-state index >= 15 is 0 Å². The van der Waals surface area contributed by atoms with Gasteiger partial charge in [-0.3, -0.25) is 9.59 Å². The molecule has 0 aromatic heterocycles. The second kappa shape index (κ2) is 5.96. The summed E-state index contributed by atoms with van der Waals surface area (Å²) in [7, 11) is -3.03. The first-order valence-corrected chi connectivity index (χ1v) is 9.58. The van der Waals surface area contributed by atoms with Gasteiger partial charge < -0.3 is 10.6 Å². The van der Waals surface area contributed by atoms with E-state index in [0.29, 0.717) is 23.6 Å². The molecule has 3 atom stereocenters. The summed E-state index contributed by atoms with van der Waals surface area (Å²) in [6, 6.07) is 6.37. The van der Waals surface area contributed by atoms with Crippen molar-refractivity contribution in [3.05, 3.63) is 29.8 Å². The number of sulfone groups is 1. The lowest BCUT2D eigenvalue weighted by molar-refractivity contribution is -0.117. The van der Waals surface area contributed by atoms with Crippen molar-refractivity contribution >= 4 is 27.3 Å². The molecular formula is C16H20N2O4S. The Hall–Kier alpha value is -1.89. The monoisotopic (exact) mass is 336 g/mol. The number of anilines is 1. The molecule has 1 aromatic carbocycles. The molecule has 1 saturated heterocycles. The molecule has 23 heavy (non-hydrogen) atoms.